The zero-order valence-electron chi connectivity index (χ0n) is 13.9. The molecule has 0 radical (unpaired) electrons. The van der Waals surface area contributed by atoms with Crippen LogP contribution in [0.25, 0.3) is 0 Å². The zero-order valence-corrected chi connectivity index (χ0v) is 14.7. The average Bonchev–Trinajstić information content (AvgIpc) is 3.08. The molecule has 1 aliphatic heterocycles. The predicted octanol–water partition coefficient (Wildman–Crippen LogP) is 2.91. The lowest BCUT2D eigenvalue weighted by Crippen LogP contribution is -2.34. The van der Waals surface area contributed by atoms with Crippen LogP contribution in [0.5, 0.6) is 0 Å². The Kier molecular flexibility index (Phi) is 5.16. The molecule has 2 aliphatic rings. The fourth-order valence-corrected chi connectivity index (χ4v) is 4.13. The van der Waals surface area contributed by atoms with E-state index >= 15 is 0 Å². The highest BCUT2D eigenvalue weighted by atomic mass is 32.1. The first-order chi connectivity index (χ1) is 11.6. The fraction of sp³-hybridized carbons (Fsp3) is 0.444. The van der Waals surface area contributed by atoms with Gasteiger partial charge in [0.1, 0.15) is 6.61 Å². The number of dihydropyridines is 1. The van der Waals surface area contributed by atoms with Crippen LogP contribution in [0.1, 0.15) is 37.0 Å². The van der Waals surface area contributed by atoms with Gasteiger partial charge in [-0.25, -0.2) is 4.79 Å². The number of hydrogen-bond donors (Lipinski definition) is 1. The summed E-state index contributed by atoms with van der Waals surface area (Å²) < 4.78 is 10.3. The molecule has 1 aromatic heterocycles. The van der Waals surface area contributed by atoms with Crippen molar-refractivity contribution in [2.24, 2.45) is 0 Å². The lowest BCUT2D eigenvalue weighted by atomic mass is 9.78. The third-order valence-corrected chi connectivity index (χ3v) is 5.28. The van der Waals surface area contributed by atoms with Crippen molar-refractivity contribution in [3.05, 3.63) is 44.9 Å². The lowest BCUT2D eigenvalue weighted by Gasteiger charge is -2.33. The second-order valence-electron chi connectivity index (χ2n) is 5.91. The summed E-state index contributed by atoms with van der Waals surface area (Å²) in [5.74, 6) is -0.596. The van der Waals surface area contributed by atoms with Crippen molar-refractivity contribution in [2.75, 3.05) is 20.3 Å². The van der Waals surface area contributed by atoms with Gasteiger partial charge in [-0.15, -0.1) is 11.3 Å². The maximum atomic E-state index is 12.7. The topological polar surface area (TPSA) is 64.6 Å². The quantitative estimate of drug-likeness (QED) is 0.655. The Morgan fingerprint density at radius 2 is 2.21 bits per heavy atom. The van der Waals surface area contributed by atoms with E-state index in [0.717, 1.165) is 34.7 Å². The monoisotopic (exact) mass is 347 g/mol. The van der Waals surface area contributed by atoms with Gasteiger partial charge in [-0.05, 0) is 31.2 Å². The van der Waals surface area contributed by atoms with Gasteiger partial charge in [0, 0.05) is 35.4 Å². The molecule has 0 aromatic carbocycles. The molecule has 0 saturated heterocycles. The maximum absolute atomic E-state index is 12.7. The number of methoxy groups -OCH3 is 1. The van der Waals surface area contributed by atoms with Gasteiger partial charge in [0.25, 0.3) is 0 Å². The zero-order chi connectivity index (χ0) is 17.1. The Labute approximate surface area is 145 Å². The molecular formula is C18H21NO4S. The first-order valence-electron chi connectivity index (χ1n) is 8.07. The van der Waals surface area contributed by atoms with Crippen LogP contribution in [0.4, 0.5) is 0 Å². The Bertz CT molecular complexity index is 703. The number of ketones is 1. The molecule has 6 heteroatoms. The van der Waals surface area contributed by atoms with E-state index in [2.05, 4.69) is 5.32 Å². The standard InChI is InChI=1S/C18H21NO4S/c1-11-15(18(21)23-9-8-22-2)17(14-7-4-10-24-14)16-12(19-11)5-3-6-13(16)20/h4,7,10,17,19H,3,5-6,8-9H2,1-2H3/t17-/m1/s1. The number of thiophene rings is 1. The largest absolute Gasteiger partial charge is 0.460 e. The number of ether oxygens (including phenoxy) is 2. The van der Waals surface area contributed by atoms with Gasteiger partial charge in [0.05, 0.1) is 18.1 Å². The summed E-state index contributed by atoms with van der Waals surface area (Å²) in [6, 6.07) is 3.92. The van der Waals surface area contributed by atoms with E-state index in [-0.39, 0.29) is 24.3 Å². The molecular weight excluding hydrogens is 326 g/mol. The fourth-order valence-electron chi connectivity index (χ4n) is 3.29. The van der Waals surface area contributed by atoms with Crippen LogP contribution in [0, 0.1) is 0 Å². The molecule has 0 spiro atoms. The Morgan fingerprint density at radius 1 is 1.38 bits per heavy atom. The Morgan fingerprint density at radius 3 is 2.92 bits per heavy atom. The van der Waals surface area contributed by atoms with Gasteiger partial charge < -0.3 is 14.8 Å². The van der Waals surface area contributed by atoms with Gasteiger partial charge in [0.15, 0.2) is 5.78 Å². The second-order valence-corrected chi connectivity index (χ2v) is 6.89. The van der Waals surface area contributed by atoms with Crippen molar-refractivity contribution >= 4 is 23.1 Å². The smallest absolute Gasteiger partial charge is 0.336 e. The normalized spacial score (nSPS) is 20.8. The molecule has 3 rings (SSSR count). The van der Waals surface area contributed by atoms with Crippen molar-refractivity contribution < 1.29 is 19.1 Å². The molecule has 0 amide bonds. The van der Waals surface area contributed by atoms with Crippen molar-refractivity contribution in [3.63, 3.8) is 0 Å². The van der Waals surface area contributed by atoms with Crippen LogP contribution in [0.3, 0.4) is 0 Å². The molecule has 0 bridgehead atoms. The average molecular weight is 347 g/mol. The van der Waals surface area contributed by atoms with Crippen LogP contribution in [-0.4, -0.2) is 32.1 Å². The minimum absolute atomic E-state index is 0.122. The number of nitrogens with one attached hydrogen (secondary N) is 1. The third kappa shape index (κ3) is 3.16. The summed E-state index contributed by atoms with van der Waals surface area (Å²) in [7, 11) is 1.56. The minimum atomic E-state index is -0.389. The van der Waals surface area contributed by atoms with Gasteiger partial charge in [0.2, 0.25) is 0 Å². The van der Waals surface area contributed by atoms with Crippen LogP contribution < -0.4 is 5.32 Å². The van der Waals surface area contributed by atoms with Crippen molar-refractivity contribution in [1.82, 2.24) is 5.32 Å². The third-order valence-electron chi connectivity index (χ3n) is 4.34. The van der Waals surface area contributed by atoms with E-state index in [1.807, 2.05) is 24.4 Å². The highest BCUT2D eigenvalue weighted by Crippen LogP contribution is 2.43. The summed E-state index contributed by atoms with van der Waals surface area (Å²) in [6.07, 6.45) is 2.22. The first-order valence-corrected chi connectivity index (χ1v) is 8.95. The van der Waals surface area contributed by atoms with Crippen molar-refractivity contribution in [1.29, 1.82) is 0 Å². The number of rotatable bonds is 5. The van der Waals surface area contributed by atoms with E-state index in [9.17, 15) is 9.59 Å². The molecule has 2 heterocycles. The SMILES string of the molecule is COCCOC(=O)C1=C(C)NC2=C(C(=O)CCC2)[C@@H]1c1cccs1. The van der Waals surface area contributed by atoms with Crippen molar-refractivity contribution in [2.45, 2.75) is 32.1 Å². The number of carbonyl (C=O) groups excluding carboxylic acids is 2. The minimum Gasteiger partial charge on any atom is -0.460 e. The number of allylic oxidation sites excluding steroid dienone is 3. The highest BCUT2D eigenvalue weighted by molar-refractivity contribution is 7.10. The summed E-state index contributed by atoms with van der Waals surface area (Å²) in [5.41, 5.74) is 2.98. The van der Waals surface area contributed by atoms with Crippen LogP contribution in [0.15, 0.2) is 40.1 Å². The number of hydrogen-bond acceptors (Lipinski definition) is 6. The Balaban J connectivity index is 1.99. The van der Waals surface area contributed by atoms with E-state index in [1.165, 1.54) is 0 Å². The molecule has 1 N–H and O–H groups in total. The highest BCUT2D eigenvalue weighted by Gasteiger charge is 2.39. The van der Waals surface area contributed by atoms with Gasteiger partial charge in [-0.3, -0.25) is 4.79 Å². The molecule has 1 aliphatic carbocycles. The first kappa shape index (κ1) is 16.9. The summed E-state index contributed by atoms with van der Waals surface area (Å²) in [4.78, 5) is 26.2. The molecule has 0 saturated carbocycles. The molecule has 1 aromatic rings. The number of carbonyl (C=O) groups is 2. The van der Waals surface area contributed by atoms with E-state index in [0.29, 0.717) is 18.6 Å². The van der Waals surface area contributed by atoms with Crippen molar-refractivity contribution in [3.8, 4) is 0 Å². The predicted molar refractivity (Wildman–Crippen MR) is 91.6 cm³/mol. The maximum Gasteiger partial charge on any atom is 0.336 e. The second kappa shape index (κ2) is 7.32. The number of esters is 1. The molecule has 0 fully saturated rings. The van der Waals surface area contributed by atoms with Gasteiger partial charge in [-0.2, -0.15) is 0 Å². The van der Waals surface area contributed by atoms with E-state index < -0.39 is 0 Å². The van der Waals surface area contributed by atoms with Gasteiger partial charge >= 0.3 is 5.97 Å². The molecule has 0 unspecified atom stereocenters. The van der Waals surface area contributed by atoms with E-state index in [4.69, 9.17) is 9.47 Å². The summed E-state index contributed by atoms with van der Waals surface area (Å²) in [6.45, 7) is 2.42. The lowest BCUT2D eigenvalue weighted by molar-refractivity contribution is -0.140. The summed E-state index contributed by atoms with van der Waals surface area (Å²) >= 11 is 1.56. The molecule has 5 nitrogen and oxygen atoms in total. The van der Waals surface area contributed by atoms with Crippen LogP contribution >= 0.6 is 11.3 Å². The van der Waals surface area contributed by atoms with Crippen LogP contribution in [-0.2, 0) is 19.1 Å². The van der Waals surface area contributed by atoms with Gasteiger partial charge in [-0.1, -0.05) is 6.07 Å². The van der Waals surface area contributed by atoms with Crippen LogP contribution in [0.2, 0.25) is 0 Å². The van der Waals surface area contributed by atoms with E-state index in [1.54, 1.807) is 18.4 Å². The Hall–Kier alpha value is -1.92. The molecule has 128 valence electrons. The number of Topliss-reactive ketones (excluding diaryl/α,β-unsaturated/α-hetero) is 1. The molecule has 24 heavy (non-hydrogen) atoms. The summed E-state index contributed by atoms with van der Waals surface area (Å²) in [5, 5.41) is 5.24. The molecule has 1 atom stereocenters.